The SMILES string of the molecule is COCCN1CCn2cc(C(=O)NCc3c(F)cc(F)cc3F)c(=O)c(O)c2C1=O. The average Bonchev–Trinajstić information content (AvgIpc) is 2.68. The molecule has 3 rings (SSSR count). The lowest BCUT2D eigenvalue weighted by atomic mass is 10.1. The van der Waals surface area contributed by atoms with E-state index in [-0.39, 0.29) is 31.9 Å². The van der Waals surface area contributed by atoms with Crippen LogP contribution in [-0.2, 0) is 17.8 Å². The van der Waals surface area contributed by atoms with Gasteiger partial charge in [-0.25, -0.2) is 13.2 Å². The second-order valence-corrected chi connectivity index (χ2v) is 6.58. The summed E-state index contributed by atoms with van der Waals surface area (Å²) in [5, 5.41) is 12.4. The van der Waals surface area contributed by atoms with Crippen molar-refractivity contribution in [3.05, 3.63) is 62.8 Å². The number of nitrogens with zero attached hydrogens (tertiary/aromatic N) is 2. The number of halogens is 3. The number of amides is 2. The first-order chi connectivity index (χ1) is 14.2. The molecule has 0 unspecified atom stereocenters. The number of nitrogens with one attached hydrogen (secondary N) is 1. The van der Waals surface area contributed by atoms with Gasteiger partial charge >= 0.3 is 0 Å². The summed E-state index contributed by atoms with van der Waals surface area (Å²) in [7, 11) is 1.47. The van der Waals surface area contributed by atoms with Gasteiger partial charge in [-0.15, -0.1) is 0 Å². The van der Waals surface area contributed by atoms with Gasteiger partial charge in [0, 0.05) is 57.2 Å². The fraction of sp³-hybridized carbons (Fsp3) is 0.316. The van der Waals surface area contributed by atoms with Gasteiger partial charge in [0.15, 0.2) is 11.4 Å². The summed E-state index contributed by atoms with van der Waals surface area (Å²) in [6.45, 7) is 0.362. The molecule has 0 saturated heterocycles. The molecule has 160 valence electrons. The Morgan fingerprint density at radius 3 is 2.50 bits per heavy atom. The second kappa shape index (κ2) is 8.57. The first-order valence-electron chi connectivity index (χ1n) is 8.90. The molecule has 2 N–H and O–H groups in total. The predicted molar refractivity (Wildman–Crippen MR) is 97.6 cm³/mol. The number of benzene rings is 1. The van der Waals surface area contributed by atoms with Gasteiger partial charge in [-0.2, -0.15) is 0 Å². The number of methoxy groups -OCH3 is 1. The van der Waals surface area contributed by atoms with E-state index in [2.05, 4.69) is 5.32 Å². The Bertz CT molecular complexity index is 1050. The number of hydrogen-bond acceptors (Lipinski definition) is 5. The van der Waals surface area contributed by atoms with Gasteiger partial charge in [-0.05, 0) is 0 Å². The summed E-state index contributed by atoms with van der Waals surface area (Å²) in [6, 6.07) is 0.927. The van der Waals surface area contributed by atoms with Crippen LogP contribution in [0.5, 0.6) is 5.75 Å². The number of pyridine rings is 1. The highest BCUT2D eigenvalue weighted by Gasteiger charge is 2.30. The first-order valence-corrected chi connectivity index (χ1v) is 8.90. The van der Waals surface area contributed by atoms with E-state index in [1.807, 2.05) is 0 Å². The molecule has 1 aromatic heterocycles. The number of rotatable bonds is 6. The standard InChI is InChI=1S/C19H18F3N3O5/c1-30-5-4-24-2-3-25-9-12(16(26)17(27)15(25)19(24)29)18(28)23-8-11-13(21)6-10(20)7-14(11)22/h6-7,9,27H,2-5,8H2,1H3,(H,23,28). The molecule has 2 aromatic rings. The van der Waals surface area contributed by atoms with E-state index in [4.69, 9.17) is 4.74 Å². The number of aromatic nitrogens is 1. The minimum absolute atomic E-state index is 0.208. The molecule has 0 saturated carbocycles. The number of fused-ring (bicyclic) bond motifs is 1. The molecule has 0 aliphatic carbocycles. The largest absolute Gasteiger partial charge is 0.503 e. The van der Waals surface area contributed by atoms with Gasteiger partial charge in [0.2, 0.25) is 5.43 Å². The number of carbonyl (C=O) groups excluding carboxylic acids is 2. The number of aromatic hydroxyl groups is 1. The van der Waals surface area contributed by atoms with Crippen molar-refractivity contribution in [2.45, 2.75) is 13.1 Å². The van der Waals surface area contributed by atoms with Crippen LogP contribution in [0.1, 0.15) is 26.4 Å². The van der Waals surface area contributed by atoms with Gasteiger partial charge in [0.05, 0.1) is 6.61 Å². The normalized spacial score (nSPS) is 13.3. The summed E-state index contributed by atoms with van der Waals surface area (Å²) in [4.78, 5) is 38.7. The Hall–Kier alpha value is -3.34. The lowest BCUT2D eigenvalue weighted by Crippen LogP contribution is -2.44. The zero-order chi connectivity index (χ0) is 22.0. The van der Waals surface area contributed by atoms with Crippen LogP contribution in [0.25, 0.3) is 0 Å². The Balaban J connectivity index is 1.85. The maximum atomic E-state index is 13.7. The van der Waals surface area contributed by atoms with Crippen molar-refractivity contribution in [3.8, 4) is 5.75 Å². The molecule has 1 aliphatic rings. The summed E-state index contributed by atoms with van der Waals surface area (Å²) in [6.07, 6.45) is 1.11. The minimum atomic E-state index is -1.19. The highest BCUT2D eigenvalue weighted by atomic mass is 19.1. The lowest BCUT2D eigenvalue weighted by molar-refractivity contribution is 0.0632. The summed E-state index contributed by atoms with van der Waals surface area (Å²) < 4.78 is 46.6. The monoisotopic (exact) mass is 425 g/mol. The molecule has 2 heterocycles. The third kappa shape index (κ3) is 4.01. The van der Waals surface area contributed by atoms with Crippen molar-refractivity contribution in [2.24, 2.45) is 0 Å². The van der Waals surface area contributed by atoms with Gasteiger partial charge in [0.1, 0.15) is 23.0 Å². The third-order valence-corrected chi connectivity index (χ3v) is 4.70. The molecule has 0 radical (unpaired) electrons. The van der Waals surface area contributed by atoms with Crippen molar-refractivity contribution in [1.29, 1.82) is 0 Å². The fourth-order valence-electron chi connectivity index (χ4n) is 3.11. The van der Waals surface area contributed by atoms with Crippen molar-refractivity contribution in [2.75, 3.05) is 26.8 Å². The van der Waals surface area contributed by atoms with Crippen molar-refractivity contribution >= 4 is 11.8 Å². The van der Waals surface area contributed by atoms with Crippen molar-refractivity contribution in [1.82, 2.24) is 14.8 Å². The number of ether oxygens (including phenoxy) is 1. The molecule has 1 aromatic carbocycles. The van der Waals surface area contributed by atoms with E-state index in [1.54, 1.807) is 0 Å². The van der Waals surface area contributed by atoms with E-state index in [9.17, 15) is 32.7 Å². The van der Waals surface area contributed by atoms with E-state index in [0.29, 0.717) is 12.1 Å². The molecular formula is C19H18F3N3O5. The van der Waals surface area contributed by atoms with Gasteiger partial charge in [-0.1, -0.05) is 0 Å². The maximum Gasteiger partial charge on any atom is 0.274 e. The molecule has 8 nitrogen and oxygen atoms in total. The van der Waals surface area contributed by atoms with Crippen LogP contribution >= 0.6 is 0 Å². The minimum Gasteiger partial charge on any atom is -0.503 e. The van der Waals surface area contributed by atoms with Crippen molar-refractivity contribution in [3.63, 3.8) is 0 Å². The Morgan fingerprint density at radius 1 is 1.20 bits per heavy atom. The molecular weight excluding hydrogens is 407 g/mol. The Kier molecular flexibility index (Phi) is 6.11. The van der Waals surface area contributed by atoms with Crippen molar-refractivity contribution < 1.29 is 32.6 Å². The van der Waals surface area contributed by atoms with E-state index in [1.165, 1.54) is 16.6 Å². The number of hydrogen-bond donors (Lipinski definition) is 2. The van der Waals surface area contributed by atoms with E-state index < -0.39 is 58.1 Å². The molecule has 0 spiro atoms. The second-order valence-electron chi connectivity index (χ2n) is 6.58. The maximum absolute atomic E-state index is 13.7. The Morgan fingerprint density at radius 2 is 1.87 bits per heavy atom. The highest BCUT2D eigenvalue weighted by molar-refractivity contribution is 5.99. The van der Waals surface area contributed by atoms with Crippen LogP contribution in [0.3, 0.4) is 0 Å². The summed E-state index contributed by atoms with van der Waals surface area (Å²) in [5.41, 5.74) is -2.44. The number of carbonyl (C=O) groups is 2. The van der Waals surface area contributed by atoms with Crippen LogP contribution in [0.4, 0.5) is 13.2 Å². The topological polar surface area (TPSA) is 101 Å². The van der Waals surface area contributed by atoms with Gasteiger partial charge in [-0.3, -0.25) is 14.4 Å². The van der Waals surface area contributed by atoms with Crippen LogP contribution in [0, 0.1) is 17.5 Å². The molecule has 30 heavy (non-hydrogen) atoms. The molecule has 1 aliphatic heterocycles. The molecule has 2 amide bonds. The third-order valence-electron chi connectivity index (χ3n) is 4.70. The fourth-order valence-corrected chi connectivity index (χ4v) is 3.11. The highest BCUT2D eigenvalue weighted by Crippen LogP contribution is 2.20. The molecule has 11 heteroatoms. The zero-order valence-electron chi connectivity index (χ0n) is 15.9. The molecule has 0 bridgehead atoms. The van der Waals surface area contributed by atoms with Crippen LogP contribution < -0.4 is 10.7 Å². The Labute approximate surface area is 168 Å². The van der Waals surface area contributed by atoms with Gasteiger partial charge in [0.25, 0.3) is 11.8 Å². The lowest BCUT2D eigenvalue weighted by Gasteiger charge is -2.30. The summed E-state index contributed by atoms with van der Waals surface area (Å²) >= 11 is 0. The summed E-state index contributed by atoms with van der Waals surface area (Å²) in [5.74, 6) is -5.99. The zero-order valence-corrected chi connectivity index (χ0v) is 15.9. The predicted octanol–water partition coefficient (Wildman–Crippen LogP) is 1.00. The smallest absolute Gasteiger partial charge is 0.274 e. The molecule has 0 atom stereocenters. The van der Waals surface area contributed by atoms with E-state index in [0.717, 1.165) is 6.20 Å². The average molecular weight is 425 g/mol. The van der Waals surface area contributed by atoms with Crippen LogP contribution in [-0.4, -0.2) is 53.2 Å². The van der Waals surface area contributed by atoms with Gasteiger partial charge < -0.3 is 24.6 Å². The van der Waals surface area contributed by atoms with E-state index >= 15 is 0 Å². The molecule has 0 fully saturated rings. The van der Waals surface area contributed by atoms with Crippen LogP contribution in [0.2, 0.25) is 0 Å². The first kappa shape index (κ1) is 21.4. The quantitative estimate of drug-likeness (QED) is 0.720. The van der Waals surface area contributed by atoms with Crippen LogP contribution in [0.15, 0.2) is 23.1 Å².